The van der Waals surface area contributed by atoms with Crippen molar-refractivity contribution >= 4 is 5.91 Å². The molecular formula is C16H30N2O2. The van der Waals surface area contributed by atoms with Gasteiger partial charge in [0.25, 0.3) is 0 Å². The Bertz CT molecular complexity index is 312. The summed E-state index contributed by atoms with van der Waals surface area (Å²) in [5, 5.41) is 3.45. The van der Waals surface area contributed by atoms with Gasteiger partial charge in [-0.15, -0.1) is 0 Å². The highest BCUT2D eigenvalue weighted by Gasteiger charge is 2.35. The van der Waals surface area contributed by atoms with Crippen LogP contribution in [0.25, 0.3) is 0 Å². The third-order valence-electron chi connectivity index (χ3n) is 5.10. The van der Waals surface area contributed by atoms with Gasteiger partial charge in [0.15, 0.2) is 0 Å². The molecule has 116 valence electrons. The average Bonchev–Trinajstić information content (AvgIpc) is 2.49. The van der Waals surface area contributed by atoms with E-state index in [0.29, 0.717) is 18.2 Å². The van der Waals surface area contributed by atoms with Gasteiger partial charge in [0, 0.05) is 32.2 Å². The molecule has 2 aliphatic rings. The van der Waals surface area contributed by atoms with Crippen molar-refractivity contribution in [2.45, 2.75) is 56.9 Å². The lowest BCUT2D eigenvalue weighted by atomic mass is 9.79. The van der Waals surface area contributed by atoms with Crippen LogP contribution in [0.5, 0.6) is 0 Å². The van der Waals surface area contributed by atoms with Crippen molar-refractivity contribution in [3.8, 4) is 0 Å². The van der Waals surface area contributed by atoms with E-state index in [4.69, 9.17) is 4.74 Å². The number of likely N-dealkylation sites (tertiary alicyclic amines) is 1. The number of nitrogens with zero attached hydrogens (tertiary/aromatic N) is 1. The van der Waals surface area contributed by atoms with Crippen molar-refractivity contribution < 1.29 is 9.53 Å². The smallest absolute Gasteiger partial charge is 0.224 e. The van der Waals surface area contributed by atoms with Gasteiger partial charge in [-0.2, -0.15) is 0 Å². The summed E-state index contributed by atoms with van der Waals surface area (Å²) < 4.78 is 5.25. The topological polar surface area (TPSA) is 41.6 Å². The van der Waals surface area contributed by atoms with Crippen LogP contribution >= 0.6 is 0 Å². The minimum absolute atomic E-state index is 0.0591. The summed E-state index contributed by atoms with van der Waals surface area (Å²) in [6.45, 7) is 2.59. The maximum absolute atomic E-state index is 12.6. The number of hydrogen-bond acceptors (Lipinski definition) is 3. The Morgan fingerprint density at radius 2 is 2.05 bits per heavy atom. The van der Waals surface area contributed by atoms with Gasteiger partial charge in [-0.05, 0) is 38.6 Å². The maximum Gasteiger partial charge on any atom is 0.224 e. The maximum atomic E-state index is 12.6. The van der Waals surface area contributed by atoms with E-state index in [1.807, 2.05) is 7.05 Å². The molecule has 1 aliphatic heterocycles. The van der Waals surface area contributed by atoms with Gasteiger partial charge < -0.3 is 15.0 Å². The van der Waals surface area contributed by atoms with Crippen LogP contribution in [0.1, 0.15) is 51.4 Å². The van der Waals surface area contributed by atoms with E-state index in [1.54, 1.807) is 7.11 Å². The van der Waals surface area contributed by atoms with Gasteiger partial charge in [-0.25, -0.2) is 0 Å². The van der Waals surface area contributed by atoms with E-state index >= 15 is 0 Å². The Balaban J connectivity index is 1.89. The van der Waals surface area contributed by atoms with Crippen LogP contribution in [0, 0.1) is 5.92 Å². The number of methoxy groups -OCH3 is 1. The minimum atomic E-state index is 0.0591. The van der Waals surface area contributed by atoms with Crippen molar-refractivity contribution in [1.29, 1.82) is 0 Å². The molecule has 0 aromatic heterocycles. The zero-order chi connectivity index (χ0) is 14.4. The number of carbonyl (C=O) groups excluding carboxylic acids is 1. The molecule has 0 bridgehead atoms. The molecule has 1 aliphatic carbocycles. The summed E-state index contributed by atoms with van der Waals surface area (Å²) in [4.78, 5) is 14.7. The number of carbonyl (C=O) groups is 1. The molecule has 20 heavy (non-hydrogen) atoms. The normalized spacial score (nSPS) is 26.5. The van der Waals surface area contributed by atoms with Gasteiger partial charge in [-0.1, -0.05) is 19.3 Å². The van der Waals surface area contributed by atoms with E-state index < -0.39 is 0 Å². The predicted octanol–water partition coefficient (Wildman–Crippen LogP) is 2.18. The Hall–Kier alpha value is -0.610. The number of nitrogens with one attached hydrogen (secondary N) is 1. The minimum Gasteiger partial charge on any atom is -0.384 e. The molecule has 1 N–H and O–H groups in total. The largest absolute Gasteiger partial charge is 0.384 e. The van der Waals surface area contributed by atoms with Gasteiger partial charge in [0.05, 0.1) is 6.61 Å². The van der Waals surface area contributed by atoms with Crippen LogP contribution in [-0.4, -0.2) is 50.2 Å². The molecule has 1 heterocycles. The molecule has 0 radical (unpaired) electrons. The van der Waals surface area contributed by atoms with Gasteiger partial charge in [0.1, 0.15) is 0 Å². The first kappa shape index (κ1) is 15.8. The molecule has 2 fully saturated rings. The molecule has 2 rings (SSSR count). The van der Waals surface area contributed by atoms with Crippen molar-refractivity contribution in [2.75, 3.05) is 33.9 Å². The SMILES string of the molecule is CNC1(CC(=O)N2CCCC(COC)C2)CCCCC1. The first-order valence-electron chi connectivity index (χ1n) is 8.15. The molecule has 0 aromatic rings. The fourth-order valence-corrected chi connectivity index (χ4v) is 3.81. The predicted molar refractivity (Wildman–Crippen MR) is 80.7 cm³/mol. The van der Waals surface area contributed by atoms with E-state index in [-0.39, 0.29) is 5.54 Å². The first-order valence-corrected chi connectivity index (χ1v) is 8.15. The fourth-order valence-electron chi connectivity index (χ4n) is 3.81. The summed E-state index contributed by atoms with van der Waals surface area (Å²) in [5.74, 6) is 0.858. The summed E-state index contributed by atoms with van der Waals surface area (Å²) in [7, 11) is 3.77. The highest BCUT2D eigenvalue weighted by Crippen LogP contribution is 2.31. The molecule has 4 nitrogen and oxygen atoms in total. The number of ether oxygens (including phenoxy) is 1. The lowest BCUT2D eigenvalue weighted by molar-refractivity contribution is -0.135. The summed E-state index contributed by atoms with van der Waals surface area (Å²) in [6, 6.07) is 0. The average molecular weight is 282 g/mol. The second-order valence-corrected chi connectivity index (χ2v) is 6.57. The van der Waals surface area contributed by atoms with Crippen LogP contribution in [0.2, 0.25) is 0 Å². The lowest BCUT2D eigenvalue weighted by Gasteiger charge is -2.40. The third-order valence-corrected chi connectivity index (χ3v) is 5.10. The Kier molecular flexibility index (Phi) is 5.85. The van der Waals surface area contributed by atoms with Gasteiger partial charge in [0.2, 0.25) is 5.91 Å². The number of amides is 1. The molecule has 0 aromatic carbocycles. The number of rotatable bonds is 5. The second-order valence-electron chi connectivity index (χ2n) is 6.57. The lowest BCUT2D eigenvalue weighted by Crippen LogP contribution is -2.50. The van der Waals surface area contributed by atoms with Crippen molar-refractivity contribution in [3.05, 3.63) is 0 Å². The molecule has 1 amide bonds. The zero-order valence-electron chi connectivity index (χ0n) is 13.1. The second kappa shape index (κ2) is 7.41. The van der Waals surface area contributed by atoms with Gasteiger partial charge in [-0.3, -0.25) is 4.79 Å². The highest BCUT2D eigenvalue weighted by atomic mass is 16.5. The first-order chi connectivity index (χ1) is 9.69. The van der Waals surface area contributed by atoms with E-state index in [2.05, 4.69) is 10.2 Å². The standard InChI is InChI=1S/C16H30N2O2/c1-17-16(8-4-3-5-9-16)11-15(19)18-10-6-7-14(12-18)13-20-2/h14,17H,3-13H2,1-2H3. The molecule has 0 spiro atoms. The summed E-state index contributed by atoms with van der Waals surface area (Å²) in [6.07, 6.45) is 9.08. The Morgan fingerprint density at radius 1 is 1.30 bits per heavy atom. The zero-order valence-corrected chi connectivity index (χ0v) is 13.1. The highest BCUT2D eigenvalue weighted by molar-refractivity contribution is 5.77. The molecular weight excluding hydrogens is 252 g/mol. The molecule has 1 unspecified atom stereocenters. The molecule has 4 heteroatoms. The van der Waals surface area contributed by atoms with Crippen LogP contribution in [0.3, 0.4) is 0 Å². The van der Waals surface area contributed by atoms with Crippen LogP contribution in [-0.2, 0) is 9.53 Å². The van der Waals surface area contributed by atoms with Crippen LogP contribution < -0.4 is 5.32 Å². The van der Waals surface area contributed by atoms with Gasteiger partial charge >= 0.3 is 0 Å². The Morgan fingerprint density at radius 3 is 2.70 bits per heavy atom. The van der Waals surface area contributed by atoms with Crippen LogP contribution in [0.15, 0.2) is 0 Å². The Labute approximate surface area is 123 Å². The molecule has 1 saturated carbocycles. The summed E-state index contributed by atoms with van der Waals surface area (Å²) in [5.41, 5.74) is 0.0591. The van der Waals surface area contributed by atoms with Crippen molar-refractivity contribution in [1.82, 2.24) is 10.2 Å². The van der Waals surface area contributed by atoms with Crippen molar-refractivity contribution in [2.24, 2.45) is 5.92 Å². The molecule has 1 atom stereocenters. The molecule has 1 saturated heterocycles. The summed E-state index contributed by atoms with van der Waals surface area (Å²) >= 11 is 0. The van der Waals surface area contributed by atoms with E-state index in [0.717, 1.165) is 39.0 Å². The van der Waals surface area contributed by atoms with Crippen molar-refractivity contribution in [3.63, 3.8) is 0 Å². The van der Waals surface area contributed by atoms with E-state index in [9.17, 15) is 4.79 Å². The fraction of sp³-hybridized carbons (Fsp3) is 0.938. The van der Waals surface area contributed by atoms with Crippen LogP contribution in [0.4, 0.5) is 0 Å². The number of piperidine rings is 1. The van der Waals surface area contributed by atoms with E-state index in [1.165, 1.54) is 25.7 Å². The monoisotopic (exact) mass is 282 g/mol. The third kappa shape index (κ3) is 3.95. The number of hydrogen-bond donors (Lipinski definition) is 1. The quantitative estimate of drug-likeness (QED) is 0.840.